The first-order chi connectivity index (χ1) is 7.75. The Hall–Kier alpha value is -1.61. The van der Waals surface area contributed by atoms with Gasteiger partial charge >= 0.3 is 0 Å². The molecule has 1 aromatic heterocycles. The number of aryl methyl sites for hydroxylation is 1. The lowest BCUT2D eigenvalue weighted by atomic mass is 10.2. The van der Waals surface area contributed by atoms with Crippen LogP contribution in [-0.2, 0) is 6.42 Å². The van der Waals surface area contributed by atoms with Gasteiger partial charge in [0.2, 0.25) is 0 Å². The largest absolute Gasteiger partial charge is 0.292 e. The summed E-state index contributed by atoms with van der Waals surface area (Å²) in [6, 6.07) is 7.32. The standard InChI is InChI=1S/C12H9ClN2O/c13-9-2-4-10(5-3-9)15-12-8(7-14-15)1-6-11(12)16/h2-5,7H,1,6H2. The lowest BCUT2D eigenvalue weighted by molar-refractivity contribution is 0.0987. The first-order valence-electron chi connectivity index (χ1n) is 5.12. The van der Waals surface area contributed by atoms with Crippen LogP contribution in [0.25, 0.3) is 5.69 Å². The molecule has 0 spiro atoms. The Bertz CT molecular complexity index is 557. The van der Waals surface area contributed by atoms with Crippen LogP contribution in [0.3, 0.4) is 0 Å². The van der Waals surface area contributed by atoms with Crippen LogP contribution in [0.4, 0.5) is 0 Å². The molecule has 0 fully saturated rings. The van der Waals surface area contributed by atoms with Crippen LogP contribution in [0.5, 0.6) is 0 Å². The fraction of sp³-hybridized carbons (Fsp3) is 0.167. The maximum Gasteiger partial charge on any atom is 0.181 e. The summed E-state index contributed by atoms with van der Waals surface area (Å²) in [5.74, 6) is 0.169. The number of halogens is 1. The summed E-state index contributed by atoms with van der Waals surface area (Å²) in [4.78, 5) is 11.7. The first-order valence-corrected chi connectivity index (χ1v) is 5.49. The molecule has 0 atom stereocenters. The molecule has 4 heteroatoms. The highest BCUT2D eigenvalue weighted by Gasteiger charge is 2.25. The maximum atomic E-state index is 11.7. The van der Waals surface area contributed by atoms with Gasteiger partial charge in [-0.05, 0) is 30.7 Å². The van der Waals surface area contributed by atoms with Crippen LogP contribution in [0.1, 0.15) is 22.5 Å². The summed E-state index contributed by atoms with van der Waals surface area (Å²) in [6.45, 7) is 0. The van der Waals surface area contributed by atoms with Gasteiger partial charge < -0.3 is 0 Å². The van der Waals surface area contributed by atoms with Gasteiger partial charge in [-0.3, -0.25) is 4.79 Å². The van der Waals surface area contributed by atoms with E-state index in [0.717, 1.165) is 23.4 Å². The highest BCUT2D eigenvalue weighted by Crippen LogP contribution is 2.24. The molecular weight excluding hydrogens is 224 g/mol. The van der Waals surface area contributed by atoms with Gasteiger partial charge in [-0.25, -0.2) is 4.68 Å². The minimum atomic E-state index is 0.169. The molecule has 0 saturated carbocycles. The fourth-order valence-electron chi connectivity index (χ4n) is 2.01. The van der Waals surface area contributed by atoms with E-state index >= 15 is 0 Å². The molecule has 0 amide bonds. The van der Waals surface area contributed by atoms with Gasteiger partial charge in [0.1, 0.15) is 5.69 Å². The van der Waals surface area contributed by atoms with E-state index in [1.807, 2.05) is 12.1 Å². The van der Waals surface area contributed by atoms with Gasteiger partial charge in [0.15, 0.2) is 5.78 Å². The van der Waals surface area contributed by atoms with Crippen molar-refractivity contribution in [3.05, 3.63) is 46.7 Å². The minimum absolute atomic E-state index is 0.169. The van der Waals surface area contributed by atoms with E-state index in [0.29, 0.717) is 11.4 Å². The number of ketones is 1. The van der Waals surface area contributed by atoms with Crippen molar-refractivity contribution in [1.29, 1.82) is 0 Å². The van der Waals surface area contributed by atoms with Crippen LogP contribution in [0.15, 0.2) is 30.5 Å². The number of nitrogens with zero attached hydrogens (tertiary/aromatic N) is 2. The molecule has 3 rings (SSSR count). The Morgan fingerprint density at radius 1 is 1.19 bits per heavy atom. The second-order valence-corrected chi connectivity index (χ2v) is 4.27. The smallest absolute Gasteiger partial charge is 0.181 e. The lowest BCUT2D eigenvalue weighted by Gasteiger charge is -2.04. The molecule has 0 radical (unpaired) electrons. The minimum Gasteiger partial charge on any atom is -0.292 e. The molecule has 0 unspecified atom stereocenters. The molecule has 1 aliphatic rings. The third kappa shape index (κ3) is 1.36. The third-order valence-corrected chi connectivity index (χ3v) is 3.05. The SMILES string of the molecule is O=C1CCc2cnn(-c3ccc(Cl)cc3)c21. The van der Waals surface area contributed by atoms with E-state index in [-0.39, 0.29) is 5.78 Å². The molecule has 0 saturated heterocycles. The molecular formula is C12H9ClN2O. The van der Waals surface area contributed by atoms with Crippen molar-refractivity contribution in [2.45, 2.75) is 12.8 Å². The molecule has 1 aliphatic carbocycles. The summed E-state index contributed by atoms with van der Waals surface area (Å²) >= 11 is 5.82. The zero-order valence-corrected chi connectivity index (χ0v) is 9.24. The number of carbonyl (C=O) groups is 1. The number of hydrogen-bond acceptors (Lipinski definition) is 2. The molecule has 0 aliphatic heterocycles. The zero-order chi connectivity index (χ0) is 11.1. The summed E-state index contributed by atoms with van der Waals surface area (Å²) in [5, 5.41) is 4.92. The van der Waals surface area contributed by atoms with Crippen molar-refractivity contribution < 1.29 is 4.79 Å². The van der Waals surface area contributed by atoms with E-state index in [9.17, 15) is 4.79 Å². The van der Waals surface area contributed by atoms with Gasteiger partial charge in [-0.15, -0.1) is 0 Å². The van der Waals surface area contributed by atoms with E-state index in [1.54, 1.807) is 23.0 Å². The molecule has 1 heterocycles. The normalized spacial score (nSPS) is 14.2. The average molecular weight is 233 g/mol. The van der Waals surface area contributed by atoms with Crippen molar-refractivity contribution in [2.24, 2.45) is 0 Å². The first kappa shape index (κ1) is 9.60. The molecule has 0 bridgehead atoms. The Balaban J connectivity index is 2.14. The van der Waals surface area contributed by atoms with Crippen molar-refractivity contribution in [1.82, 2.24) is 9.78 Å². The van der Waals surface area contributed by atoms with Crippen LogP contribution < -0.4 is 0 Å². The predicted molar refractivity (Wildman–Crippen MR) is 61.2 cm³/mol. The Labute approximate surface area is 97.6 Å². The van der Waals surface area contributed by atoms with E-state index in [2.05, 4.69) is 5.10 Å². The number of carbonyl (C=O) groups excluding carboxylic acids is 1. The number of rotatable bonds is 1. The predicted octanol–water partition coefficient (Wildman–Crippen LogP) is 2.65. The van der Waals surface area contributed by atoms with Crippen molar-refractivity contribution in [2.75, 3.05) is 0 Å². The zero-order valence-electron chi connectivity index (χ0n) is 8.48. The van der Waals surface area contributed by atoms with Gasteiger partial charge in [0.25, 0.3) is 0 Å². The number of fused-ring (bicyclic) bond motifs is 1. The Morgan fingerprint density at radius 2 is 1.94 bits per heavy atom. The summed E-state index contributed by atoms with van der Waals surface area (Å²) in [6.07, 6.45) is 3.18. The summed E-state index contributed by atoms with van der Waals surface area (Å²) < 4.78 is 1.70. The topological polar surface area (TPSA) is 34.9 Å². The molecule has 0 N–H and O–H groups in total. The highest BCUT2D eigenvalue weighted by molar-refractivity contribution is 6.30. The fourth-order valence-corrected chi connectivity index (χ4v) is 2.13. The molecule has 3 nitrogen and oxygen atoms in total. The van der Waals surface area contributed by atoms with Crippen LogP contribution in [0.2, 0.25) is 5.02 Å². The monoisotopic (exact) mass is 232 g/mol. The molecule has 80 valence electrons. The van der Waals surface area contributed by atoms with Crippen LogP contribution in [0, 0.1) is 0 Å². The number of hydrogen-bond donors (Lipinski definition) is 0. The summed E-state index contributed by atoms with van der Waals surface area (Å²) in [7, 11) is 0. The van der Waals surface area contributed by atoms with E-state index in [4.69, 9.17) is 11.6 Å². The van der Waals surface area contributed by atoms with Gasteiger partial charge in [0.05, 0.1) is 11.9 Å². The number of Topliss-reactive ketones (excluding diaryl/α,β-unsaturated/α-hetero) is 1. The second-order valence-electron chi connectivity index (χ2n) is 3.83. The van der Waals surface area contributed by atoms with Gasteiger partial charge in [-0.2, -0.15) is 5.10 Å². The quantitative estimate of drug-likeness (QED) is 0.758. The van der Waals surface area contributed by atoms with Gasteiger partial charge in [-0.1, -0.05) is 11.6 Å². The summed E-state index contributed by atoms with van der Waals surface area (Å²) in [5.41, 5.74) is 2.64. The van der Waals surface area contributed by atoms with Crippen molar-refractivity contribution in [3.63, 3.8) is 0 Å². The highest BCUT2D eigenvalue weighted by atomic mass is 35.5. The van der Waals surface area contributed by atoms with Crippen molar-refractivity contribution >= 4 is 17.4 Å². The van der Waals surface area contributed by atoms with Gasteiger partial charge in [0, 0.05) is 17.0 Å². The number of aromatic nitrogens is 2. The molecule has 1 aromatic carbocycles. The third-order valence-electron chi connectivity index (χ3n) is 2.80. The van der Waals surface area contributed by atoms with Crippen LogP contribution in [-0.4, -0.2) is 15.6 Å². The molecule has 16 heavy (non-hydrogen) atoms. The lowest BCUT2D eigenvalue weighted by Crippen LogP contribution is -2.05. The number of benzene rings is 1. The van der Waals surface area contributed by atoms with Crippen molar-refractivity contribution in [3.8, 4) is 5.69 Å². The van der Waals surface area contributed by atoms with Crippen LogP contribution >= 0.6 is 11.6 Å². The Morgan fingerprint density at radius 3 is 2.69 bits per heavy atom. The second kappa shape index (κ2) is 3.46. The molecule has 2 aromatic rings. The van der Waals surface area contributed by atoms with E-state index < -0.39 is 0 Å². The Kier molecular flexibility index (Phi) is 2.07. The maximum absolute atomic E-state index is 11.7. The van der Waals surface area contributed by atoms with E-state index in [1.165, 1.54) is 0 Å². The average Bonchev–Trinajstić information content (AvgIpc) is 2.84.